The molecule has 0 amide bonds. The maximum absolute atomic E-state index is 12.7. The summed E-state index contributed by atoms with van der Waals surface area (Å²) in [5.41, 5.74) is 5.89. The summed E-state index contributed by atoms with van der Waals surface area (Å²) in [6, 6.07) is 14.4. The highest BCUT2D eigenvalue weighted by molar-refractivity contribution is 5.98. The first-order chi connectivity index (χ1) is 9.81. The van der Waals surface area contributed by atoms with Gasteiger partial charge < -0.3 is 4.74 Å². The first-order valence-corrected chi connectivity index (χ1v) is 7.12. The van der Waals surface area contributed by atoms with E-state index in [1.54, 1.807) is 0 Å². The van der Waals surface area contributed by atoms with Gasteiger partial charge in [0, 0.05) is 11.5 Å². The number of Topliss-reactive ketones (excluding diaryl/α,β-unsaturated/α-hetero) is 1. The molecule has 20 heavy (non-hydrogen) atoms. The SMILES string of the molecule is O=C(c1ccc2c(c1)COC2)C1Cc2ccccc2C1. The lowest BCUT2D eigenvalue weighted by Gasteiger charge is -2.09. The van der Waals surface area contributed by atoms with Crippen molar-refractivity contribution in [3.63, 3.8) is 0 Å². The summed E-state index contributed by atoms with van der Waals surface area (Å²) in [6.45, 7) is 1.32. The van der Waals surface area contributed by atoms with Crippen LogP contribution in [0.3, 0.4) is 0 Å². The van der Waals surface area contributed by atoms with Gasteiger partial charge in [0.2, 0.25) is 0 Å². The van der Waals surface area contributed by atoms with Crippen LogP contribution in [-0.4, -0.2) is 5.78 Å². The Labute approximate surface area is 118 Å². The van der Waals surface area contributed by atoms with Crippen LogP contribution in [0.5, 0.6) is 0 Å². The van der Waals surface area contributed by atoms with Crippen molar-refractivity contribution in [1.29, 1.82) is 0 Å². The van der Waals surface area contributed by atoms with Gasteiger partial charge in [0.25, 0.3) is 0 Å². The summed E-state index contributed by atoms with van der Waals surface area (Å²) in [5.74, 6) is 0.378. The topological polar surface area (TPSA) is 26.3 Å². The fraction of sp³-hybridized carbons (Fsp3) is 0.278. The molecule has 1 heterocycles. The van der Waals surface area contributed by atoms with Gasteiger partial charge in [-0.15, -0.1) is 0 Å². The van der Waals surface area contributed by atoms with Crippen molar-refractivity contribution < 1.29 is 9.53 Å². The smallest absolute Gasteiger partial charge is 0.166 e. The van der Waals surface area contributed by atoms with Crippen LogP contribution in [0.15, 0.2) is 42.5 Å². The fourth-order valence-electron chi connectivity index (χ4n) is 3.31. The molecule has 0 unspecified atom stereocenters. The van der Waals surface area contributed by atoms with Crippen molar-refractivity contribution in [3.8, 4) is 0 Å². The van der Waals surface area contributed by atoms with Gasteiger partial charge in [-0.1, -0.05) is 36.4 Å². The monoisotopic (exact) mass is 264 g/mol. The third kappa shape index (κ3) is 1.88. The molecule has 0 N–H and O–H groups in total. The molecule has 2 aromatic carbocycles. The molecule has 2 aliphatic rings. The number of fused-ring (bicyclic) bond motifs is 2. The molecule has 0 fully saturated rings. The van der Waals surface area contributed by atoms with Crippen LogP contribution in [-0.2, 0) is 30.8 Å². The highest BCUT2D eigenvalue weighted by Gasteiger charge is 2.28. The van der Waals surface area contributed by atoms with Gasteiger partial charge >= 0.3 is 0 Å². The molecule has 2 aromatic rings. The molecule has 4 rings (SSSR count). The third-order valence-corrected chi connectivity index (χ3v) is 4.43. The predicted molar refractivity (Wildman–Crippen MR) is 76.6 cm³/mol. The van der Waals surface area contributed by atoms with Gasteiger partial charge in [-0.2, -0.15) is 0 Å². The third-order valence-electron chi connectivity index (χ3n) is 4.43. The van der Waals surface area contributed by atoms with Crippen molar-refractivity contribution in [1.82, 2.24) is 0 Å². The Morgan fingerprint density at radius 3 is 2.35 bits per heavy atom. The lowest BCUT2D eigenvalue weighted by molar-refractivity contribution is 0.0924. The van der Waals surface area contributed by atoms with E-state index in [-0.39, 0.29) is 11.7 Å². The fourth-order valence-corrected chi connectivity index (χ4v) is 3.31. The maximum Gasteiger partial charge on any atom is 0.166 e. The zero-order chi connectivity index (χ0) is 13.5. The second kappa shape index (κ2) is 4.57. The Morgan fingerprint density at radius 1 is 0.900 bits per heavy atom. The number of carbonyl (C=O) groups is 1. The lowest BCUT2D eigenvalue weighted by Crippen LogP contribution is -2.15. The Morgan fingerprint density at radius 2 is 1.60 bits per heavy atom. The Hall–Kier alpha value is -1.93. The molecule has 0 aromatic heterocycles. The van der Waals surface area contributed by atoms with Crippen LogP contribution in [0.25, 0.3) is 0 Å². The maximum atomic E-state index is 12.7. The van der Waals surface area contributed by atoms with Crippen molar-refractivity contribution >= 4 is 5.78 Å². The predicted octanol–water partition coefficient (Wildman–Crippen LogP) is 3.31. The normalized spacial score (nSPS) is 17.0. The Kier molecular flexibility index (Phi) is 2.71. The molecule has 0 spiro atoms. The molecule has 0 atom stereocenters. The molecule has 0 saturated carbocycles. The minimum absolute atomic E-state index is 0.104. The Bertz CT molecular complexity index is 663. The standard InChI is InChI=1S/C18H16O2/c19-18(14-5-6-15-10-20-11-17(15)9-14)16-7-12-3-1-2-4-13(12)8-16/h1-6,9,16H,7-8,10-11H2. The van der Waals surface area contributed by atoms with E-state index < -0.39 is 0 Å². The average molecular weight is 264 g/mol. The second-order valence-electron chi connectivity index (χ2n) is 5.71. The molecular formula is C18H16O2. The molecule has 100 valence electrons. The van der Waals surface area contributed by atoms with Gasteiger partial charge in [0.1, 0.15) is 0 Å². The van der Waals surface area contributed by atoms with Gasteiger partial charge in [0.05, 0.1) is 13.2 Å². The van der Waals surface area contributed by atoms with Crippen molar-refractivity contribution in [2.24, 2.45) is 5.92 Å². The van der Waals surface area contributed by atoms with Crippen molar-refractivity contribution in [3.05, 3.63) is 70.3 Å². The molecule has 2 heteroatoms. The van der Waals surface area contributed by atoms with Crippen molar-refractivity contribution in [2.45, 2.75) is 26.1 Å². The van der Waals surface area contributed by atoms with Crippen LogP contribution in [0.4, 0.5) is 0 Å². The second-order valence-corrected chi connectivity index (χ2v) is 5.71. The van der Waals surface area contributed by atoms with E-state index in [1.165, 1.54) is 22.3 Å². The van der Waals surface area contributed by atoms with E-state index >= 15 is 0 Å². The minimum atomic E-state index is 0.104. The zero-order valence-corrected chi connectivity index (χ0v) is 11.3. The molecule has 0 saturated heterocycles. The number of carbonyl (C=O) groups excluding carboxylic acids is 1. The number of ketones is 1. The lowest BCUT2D eigenvalue weighted by atomic mass is 9.93. The quantitative estimate of drug-likeness (QED) is 0.778. The summed E-state index contributed by atoms with van der Waals surface area (Å²) < 4.78 is 5.41. The van der Waals surface area contributed by atoms with Gasteiger partial charge in [-0.05, 0) is 41.2 Å². The molecule has 1 aliphatic heterocycles. The van der Waals surface area contributed by atoms with Crippen LogP contribution < -0.4 is 0 Å². The first-order valence-electron chi connectivity index (χ1n) is 7.12. The summed E-state index contributed by atoms with van der Waals surface area (Å²) >= 11 is 0. The van der Waals surface area contributed by atoms with E-state index in [4.69, 9.17) is 4.74 Å². The highest BCUT2D eigenvalue weighted by atomic mass is 16.5. The van der Waals surface area contributed by atoms with E-state index in [0.29, 0.717) is 13.2 Å². The number of ether oxygens (including phenoxy) is 1. The minimum Gasteiger partial charge on any atom is -0.372 e. The van der Waals surface area contributed by atoms with Crippen LogP contribution in [0.2, 0.25) is 0 Å². The molecule has 1 aliphatic carbocycles. The first kappa shape index (κ1) is 11.9. The van der Waals surface area contributed by atoms with Crippen LogP contribution in [0, 0.1) is 5.92 Å². The van der Waals surface area contributed by atoms with Gasteiger partial charge in [0.15, 0.2) is 5.78 Å². The number of rotatable bonds is 2. The summed E-state index contributed by atoms with van der Waals surface area (Å²) in [6.07, 6.45) is 1.76. The zero-order valence-electron chi connectivity index (χ0n) is 11.3. The Balaban J connectivity index is 1.60. The van der Waals surface area contributed by atoms with Crippen LogP contribution >= 0.6 is 0 Å². The summed E-state index contributed by atoms with van der Waals surface area (Å²) in [4.78, 5) is 12.7. The van der Waals surface area contributed by atoms with Gasteiger partial charge in [-0.3, -0.25) is 4.79 Å². The van der Waals surface area contributed by atoms with Crippen LogP contribution in [0.1, 0.15) is 32.6 Å². The number of benzene rings is 2. The average Bonchev–Trinajstić information content (AvgIpc) is 3.11. The van der Waals surface area contributed by atoms with E-state index in [0.717, 1.165) is 18.4 Å². The number of hydrogen-bond donors (Lipinski definition) is 0. The van der Waals surface area contributed by atoms with E-state index in [9.17, 15) is 4.79 Å². The largest absolute Gasteiger partial charge is 0.372 e. The summed E-state index contributed by atoms with van der Waals surface area (Å²) in [5, 5.41) is 0. The highest BCUT2D eigenvalue weighted by Crippen LogP contribution is 2.30. The van der Waals surface area contributed by atoms with Crippen molar-refractivity contribution in [2.75, 3.05) is 0 Å². The van der Waals surface area contributed by atoms with E-state index in [1.807, 2.05) is 18.2 Å². The van der Waals surface area contributed by atoms with Gasteiger partial charge in [-0.25, -0.2) is 0 Å². The molecular weight excluding hydrogens is 248 g/mol. The summed E-state index contributed by atoms with van der Waals surface area (Å²) in [7, 11) is 0. The number of hydrogen-bond acceptors (Lipinski definition) is 2. The van der Waals surface area contributed by atoms with E-state index in [2.05, 4.69) is 24.3 Å². The molecule has 0 radical (unpaired) electrons. The molecule has 0 bridgehead atoms. The molecule has 2 nitrogen and oxygen atoms in total.